The predicted molar refractivity (Wildman–Crippen MR) is 47.6 cm³/mol. The third kappa shape index (κ3) is 7120. The minimum atomic E-state index is 0. The molecule has 0 aliphatic rings. The Morgan fingerprint density at radius 2 is 0.333 bits per heavy atom. The van der Waals surface area contributed by atoms with Crippen molar-refractivity contribution in [1.29, 1.82) is 0 Å². The van der Waals surface area contributed by atoms with Crippen LogP contribution in [0.3, 0.4) is 0 Å². The summed E-state index contributed by atoms with van der Waals surface area (Å²) in [6, 6.07) is 0. The molecule has 0 heterocycles. The molecule has 8 nitrogen and oxygen atoms in total. The molecule has 0 saturated carbocycles. The van der Waals surface area contributed by atoms with Crippen LogP contribution >= 0.6 is 0 Å². The van der Waals surface area contributed by atoms with E-state index in [1.54, 1.807) is 0 Å². The smallest absolute Gasteiger partial charge is 0.153 e. The molecule has 8 heteroatoms. The number of quaternary nitrogens is 4. The van der Waals surface area contributed by atoms with E-state index >= 15 is 0 Å². The van der Waals surface area contributed by atoms with Crippen LogP contribution in [-0.2, 0) is 0 Å². The van der Waals surface area contributed by atoms with Gasteiger partial charge in [-0.15, -0.1) is 0 Å². The average molecular weight is 196 g/mol. The summed E-state index contributed by atoms with van der Waals surface area (Å²) in [6.07, 6.45) is 0. The Morgan fingerprint density at radius 3 is 0.333 bits per heavy atom. The standard InChI is InChI=1S/4CH3O.4H3N/c4*1-2;;;;/h4*1H3;4*1H3/q4*-1;;;;/p+4. The topological polar surface area (TPSA) is 238 Å². The second kappa shape index (κ2) is 9770. The first-order valence-corrected chi connectivity index (χ1v) is 1.63. The molecule has 16 N–H and O–H groups in total. The van der Waals surface area contributed by atoms with Crippen LogP contribution in [0.5, 0.6) is 0 Å². The molecule has 0 unspecified atom stereocenters. The Balaban J connectivity index is -0.00000000267. The number of hydrogen-bond acceptors (Lipinski definition) is 4. The van der Waals surface area contributed by atoms with Crippen LogP contribution in [0.4, 0.5) is 0 Å². The lowest BCUT2D eigenvalue weighted by Gasteiger charge is -1.57. The van der Waals surface area contributed by atoms with Crippen molar-refractivity contribution >= 4 is 0 Å². The van der Waals surface area contributed by atoms with Gasteiger partial charge in [0.05, 0.1) is 0 Å². The molecular weight excluding hydrogens is 168 g/mol. The van der Waals surface area contributed by atoms with Crippen molar-refractivity contribution in [1.82, 2.24) is 24.6 Å². The summed E-state index contributed by atoms with van der Waals surface area (Å²) in [5.41, 5.74) is 0. The van der Waals surface area contributed by atoms with Gasteiger partial charge in [0, 0.05) is 0 Å². The molecule has 12 heavy (non-hydrogen) atoms. The maximum Gasteiger partial charge on any atom is -0.153 e. The zero-order valence-corrected chi connectivity index (χ0v) is 9.63. The van der Waals surface area contributed by atoms with E-state index in [4.69, 9.17) is 20.4 Å². The summed E-state index contributed by atoms with van der Waals surface area (Å²) in [4.78, 5) is 0. The van der Waals surface area contributed by atoms with Crippen molar-refractivity contribution in [2.24, 2.45) is 0 Å². The maximum atomic E-state index is 8.25. The van der Waals surface area contributed by atoms with Gasteiger partial charge < -0.3 is 45.0 Å². The van der Waals surface area contributed by atoms with Crippen molar-refractivity contribution in [2.45, 2.75) is 0 Å². The first-order valence-electron chi connectivity index (χ1n) is 1.63. The lowest BCUT2D eigenvalue weighted by molar-refractivity contribution is -0.325. The summed E-state index contributed by atoms with van der Waals surface area (Å²) in [5, 5.41) is 33.0. The minimum absolute atomic E-state index is 0. The van der Waals surface area contributed by atoms with Gasteiger partial charge in [0.15, 0.2) is 0 Å². The van der Waals surface area contributed by atoms with Crippen molar-refractivity contribution in [3.8, 4) is 0 Å². The van der Waals surface area contributed by atoms with Crippen LogP contribution in [-0.4, -0.2) is 28.4 Å². The summed E-state index contributed by atoms with van der Waals surface area (Å²) in [6.45, 7) is 0. The predicted octanol–water partition coefficient (Wildman–Crippen LogP) is -2.59. The van der Waals surface area contributed by atoms with Gasteiger partial charge in [-0.25, -0.2) is 0 Å². The lowest BCUT2D eigenvalue weighted by atomic mass is 11.8. The molecule has 0 aliphatic heterocycles. The fraction of sp³-hybridized carbons (Fsp3) is 1.00. The highest BCUT2D eigenvalue weighted by molar-refractivity contribution is 3.08. The second-order valence-corrected chi connectivity index (χ2v) is 0. The molecule has 0 atom stereocenters. The van der Waals surface area contributed by atoms with Gasteiger partial charge in [-0.05, 0) is 0 Å². The molecule has 0 amide bonds. The van der Waals surface area contributed by atoms with Crippen LogP contribution in [0, 0.1) is 0 Å². The summed E-state index contributed by atoms with van der Waals surface area (Å²) in [7, 11) is 3.00. The van der Waals surface area contributed by atoms with E-state index in [1.165, 1.54) is 0 Å². The van der Waals surface area contributed by atoms with Gasteiger partial charge >= 0.3 is 0 Å². The molecule has 0 radical (unpaired) electrons. The molecular formula is C4H28N4O4. The van der Waals surface area contributed by atoms with Crippen LogP contribution in [0.15, 0.2) is 0 Å². The van der Waals surface area contributed by atoms with E-state index in [-0.39, 0.29) is 24.6 Å². The van der Waals surface area contributed by atoms with E-state index in [9.17, 15) is 0 Å². The Bertz CT molecular complexity index is 19.0. The van der Waals surface area contributed by atoms with Gasteiger partial charge in [0.2, 0.25) is 0 Å². The molecule has 0 aromatic carbocycles. The van der Waals surface area contributed by atoms with Crippen LogP contribution in [0.25, 0.3) is 0 Å². The van der Waals surface area contributed by atoms with E-state index in [1.807, 2.05) is 0 Å². The highest BCUT2D eigenvalue weighted by Gasteiger charge is 0.561. The quantitative estimate of drug-likeness (QED) is 0.325. The van der Waals surface area contributed by atoms with Gasteiger partial charge in [-0.3, -0.25) is 0 Å². The normalized spacial score (nSPS) is 2.00. The zero-order valence-electron chi connectivity index (χ0n) is 9.63. The van der Waals surface area contributed by atoms with E-state index in [2.05, 4.69) is 0 Å². The molecule has 0 bridgehead atoms. The van der Waals surface area contributed by atoms with Gasteiger partial charge in [0.25, 0.3) is 0 Å². The Hall–Kier alpha value is -0.320. The zero-order chi connectivity index (χ0) is 8.00. The summed E-state index contributed by atoms with van der Waals surface area (Å²) < 4.78 is 0. The molecule has 0 rings (SSSR count). The lowest BCUT2D eigenvalue weighted by Crippen LogP contribution is -1.81. The molecule has 0 saturated heterocycles. The fourth-order valence-corrected chi connectivity index (χ4v) is 0. The third-order valence-electron chi connectivity index (χ3n) is 0. The molecule has 0 aromatic rings. The van der Waals surface area contributed by atoms with Crippen LogP contribution in [0.1, 0.15) is 0 Å². The monoisotopic (exact) mass is 196 g/mol. The number of rotatable bonds is 0. The Morgan fingerprint density at radius 1 is 0.333 bits per heavy atom. The van der Waals surface area contributed by atoms with Crippen molar-refractivity contribution in [3.63, 3.8) is 0 Å². The number of hydrogen-bond donors (Lipinski definition) is 4. The highest BCUT2D eigenvalue weighted by atomic mass is 16.2. The third-order valence-corrected chi connectivity index (χ3v) is 0. The van der Waals surface area contributed by atoms with Crippen LogP contribution in [0.2, 0.25) is 0 Å². The highest BCUT2D eigenvalue weighted by Crippen LogP contribution is 0.424. The molecule has 0 aromatic heterocycles. The maximum absolute atomic E-state index is 8.25. The summed E-state index contributed by atoms with van der Waals surface area (Å²) in [5.74, 6) is 0. The molecule has 0 fully saturated rings. The van der Waals surface area contributed by atoms with Gasteiger partial charge in [0.1, 0.15) is 0 Å². The van der Waals surface area contributed by atoms with Crippen molar-refractivity contribution in [2.75, 3.05) is 28.4 Å². The Labute approximate surface area is 74.6 Å². The van der Waals surface area contributed by atoms with E-state index in [0.717, 1.165) is 28.4 Å². The molecule has 0 spiro atoms. The second-order valence-electron chi connectivity index (χ2n) is 0. The first kappa shape index (κ1) is 98.4. The largest absolute Gasteiger partial charge is 0.857 e. The van der Waals surface area contributed by atoms with Crippen molar-refractivity contribution in [3.05, 3.63) is 0 Å². The SMILES string of the molecule is C[O-].C[O-].C[O-].C[O-].[NH4+].[NH4+].[NH4+].[NH4+]. The minimum Gasteiger partial charge on any atom is -0.857 e. The summed E-state index contributed by atoms with van der Waals surface area (Å²) >= 11 is 0. The molecule has 0 aliphatic carbocycles. The van der Waals surface area contributed by atoms with E-state index in [0.29, 0.717) is 0 Å². The fourth-order valence-electron chi connectivity index (χ4n) is 0. The van der Waals surface area contributed by atoms with Gasteiger partial charge in [-0.1, -0.05) is 0 Å². The van der Waals surface area contributed by atoms with Gasteiger partial charge in [-0.2, -0.15) is 28.4 Å². The van der Waals surface area contributed by atoms with Crippen molar-refractivity contribution < 1.29 is 20.4 Å². The Kier molecular flexibility index (Phi) is 80100. The van der Waals surface area contributed by atoms with E-state index < -0.39 is 0 Å². The first-order chi connectivity index (χ1) is 4.00. The average Bonchev–Trinajstić information content (AvgIpc) is 2.03. The van der Waals surface area contributed by atoms with Crippen LogP contribution < -0.4 is 45.0 Å². The molecule has 88 valence electrons.